The molecule has 6 nitrogen and oxygen atoms in total. The van der Waals surface area contributed by atoms with E-state index in [1.54, 1.807) is 40.9 Å². The number of hydrogen-bond donors (Lipinski definition) is 1. The third-order valence-electron chi connectivity index (χ3n) is 5.17. The molecule has 1 atom stereocenters. The van der Waals surface area contributed by atoms with Crippen molar-refractivity contribution in [3.8, 4) is 11.3 Å². The van der Waals surface area contributed by atoms with Crippen LogP contribution in [0.2, 0.25) is 0 Å². The molecule has 7 heteroatoms. The second-order valence-electron chi connectivity index (χ2n) is 6.93. The van der Waals surface area contributed by atoms with Crippen molar-refractivity contribution in [2.75, 3.05) is 13.1 Å². The minimum absolute atomic E-state index is 0.121. The van der Waals surface area contributed by atoms with Gasteiger partial charge in [0, 0.05) is 36.7 Å². The maximum atomic E-state index is 13.8. The summed E-state index contributed by atoms with van der Waals surface area (Å²) in [6, 6.07) is 11.2. The van der Waals surface area contributed by atoms with Crippen LogP contribution in [0.25, 0.3) is 22.2 Å². The van der Waals surface area contributed by atoms with Crippen LogP contribution in [0.4, 0.5) is 4.39 Å². The molecule has 0 saturated carbocycles. The van der Waals surface area contributed by atoms with Gasteiger partial charge in [-0.1, -0.05) is 19.1 Å². The van der Waals surface area contributed by atoms with Crippen molar-refractivity contribution in [3.05, 3.63) is 53.8 Å². The molecule has 2 aromatic carbocycles. The Kier molecular flexibility index (Phi) is 4.58. The summed E-state index contributed by atoms with van der Waals surface area (Å²) < 4.78 is 15.5. The number of benzene rings is 2. The third-order valence-corrected chi connectivity index (χ3v) is 5.17. The Morgan fingerprint density at radius 3 is 2.89 bits per heavy atom. The Labute approximate surface area is 161 Å². The predicted octanol–water partition coefficient (Wildman–Crippen LogP) is 2.73. The summed E-state index contributed by atoms with van der Waals surface area (Å²) in [6.07, 6.45) is 0.557. The Hall–Kier alpha value is -3.22. The fourth-order valence-electron chi connectivity index (χ4n) is 3.78. The average molecular weight is 380 g/mol. The van der Waals surface area contributed by atoms with Gasteiger partial charge in [0.15, 0.2) is 0 Å². The van der Waals surface area contributed by atoms with Crippen LogP contribution in [0, 0.1) is 5.82 Å². The smallest absolute Gasteiger partial charge is 0.254 e. The number of carbonyl (C=O) groups excluding carboxylic acids is 2. The standard InChI is InChI=1S/C21H21FN4O2/c1-3-17-20(27)23-9-10-26(17)21(28)14-6-4-5-13(11-14)19-16-12-15(22)7-8-18(16)25(2)24-19/h4-8,11-12,17H,3,9-10H2,1-2H3,(H,23,27)/t17-/m1/s1. The Bertz CT molecular complexity index is 1080. The number of nitrogens with one attached hydrogen (secondary N) is 1. The van der Waals surface area contributed by atoms with Gasteiger partial charge >= 0.3 is 0 Å². The largest absolute Gasteiger partial charge is 0.353 e. The summed E-state index contributed by atoms with van der Waals surface area (Å²) in [5.74, 6) is -0.640. The zero-order chi connectivity index (χ0) is 19.8. The first-order valence-corrected chi connectivity index (χ1v) is 9.31. The van der Waals surface area contributed by atoms with E-state index >= 15 is 0 Å². The van der Waals surface area contributed by atoms with Gasteiger partial charge in [-0.2, -0.15) is 5.10 Å². The minimum atomic E-state index is -0.463. The van der Waals surface area contributed by atoms with Gasteiger partial charge in [-0.05, 0) is 36.8 Å². The molecule has 0 radical (unpaired) electrons. The van der Waals surface area contributed by atoms with E-state index in [1.165, 1.54) is 12.1 Å². The molecule has 144 valence electrons. The summed E-state index contributed by atoms with van der Waals surface area (Å²) in [5, 5.41) is 8.01. The van der Waals surface area contributed by atoms with E-state index in [4.69, 9.17) is 0 Å². The Balaban J connectivity index is 1.74. The zero-order valence-corrected chi connectivity index (χ0v) is 15.8. The average Bonchev–Trinajstić information content (AvgIpc) is 3.03. The van der Waals surface area contributed by atoms with Crippen molar-refractivity contribution in [1.29, 1.82) is 0 Å². The summed E-state index contributed by atoms with van der Waals surface area (Å²) in [4.78, 5) is 26.8. The lowest BCUT2D eigenvalue weighted by atomic mass is 10.0. The van der Waals surface area contributed by atoms with Crippen LogP contribution in [-0.4, -0.2) is 45.6 Å². The molecule has 2 heterocycles. The molecule has 28 heavy (non-hydrogen) atoms. The SMILES string of the molecule is CC[C@@H]1C(=O)NCCN1C(=O)c1cccc(-c2nn(C)c3ccc(F)cc23)c1. The molecule has 3 aromatic rings. The van der Waals surface area contributed by atoms with E-state index in [0.717, 1.165) is 11.1 Å². The second kappa shape index (κ2) is 7.07. The van der Waals surface area contributed by atoms with Crippen LogP contribution in [0.5, 0.6) is 0 Å². The molecule has 1 fully saturated rings. The van der Waals surface area contributed by atoms with Gasteiger partial charge in [0.2, 0.25) is 5.91 Å². The van der Waals surface area contributed by atoms with E-state index in [2.05, 4.69) is 10.4 Å². The number of fused-ring (bicyclic) bond motifs is 1. The highest BCUT2D eigenvalue weighted by atomic mass is 19.1. The molecule has 2 amide bonds. The van der Waals surface area contributed by atoms with Gasteiger partial charge in [0.05, 0.1) is 5.52 Å². The highest BCUT2D eigenvalue weighted by molar-refractivity contribution is 6.00. The molecule has 1 N–H and O–H groups in total. The van der Waals surface area contributed by atoms with E-state index < -0.39 is 6.04 Å². The van der Waals surface area contributed by atoms with Crippen LogP contribution >= 0.6 is 0 Å². The third kappa shape index (κ3) is 3.02. The molecule has 1 aromatic heterocycles. The fourth-order valence-corrected chi connectivity index (χ4v) is 3.78. The molecule has 0 spiro atoms. The first kappa shape index (κ1) is 18.2. The molecule has 1 aliphatic rings. The molecule has 1 saturated heterocycles. The Morgan fingerprint density at radius 2 is 2.11 bits per heavy atom. The first-order valence-electron chi connectivity index (χ1n) is 9.31. The van der Waals surface area contributed by atoms with Gasteiger partial charge in [0.1, 0.15) is 17.6 Å². The number of hydrogen-bond acceptors (Lipinski definition) is 3. The molecule has 0 unspecified atom stereocenters. The second-order valence-corrected chi connectivity index (χ2v) is 6.93. The quantitative estimate of drug-likeness (QED) is 0.760. The van der Waals surface area contributed by atoms with E-state index in [9.17, 15) is 14.0 Å². The highest BCUT2D eigenvalue weighted by Crippen LogP contribution is 2.29. The van der Waals surface area contributed by atoms with Crippen molar-refractivity contribution < 1.29 is 14.0 Å². The lowest BCUT2D eigenvalue weighted by molar-refractivity contribution is -0.127. The van der Waals surface area contributed by atoms with Crippen LogP contribution < -0.4 is 5.32 Å². The van der Waals surface area contributed by atoms with Crippen molar-refractivity contribution in [2.45, 2.75) is 19.4 Å². The number of amides is 2. The van der Waals surface area contributed by atoms with E-state index in [0.29, 0.717) is 36.2 Å². The molecule has 0 bridgehead atoms. The molecule has 0 aliphatic carbocycles. The van der Waals surface area contributed by atoms with Crippen LogP contribution in [0.15, 0.2) is 42.5 Å². The maximum Gasteiger partial charge on any atom is 0.254 e. The minimum Gasteiger partial charge on any atom is -0.353 e. The fraction of sp³-hybridized carbons (Fsp3) is 0.286. The number of piperazine rings is 1. The van der Waals surface area contributed by atoms with E-state index in [1.807, 2.05) is 13.0 Å². The zero-order valence-electron chi connectivity index (χ0n) is 15.8. The number of rotatable bonds is 3. The number of aryl methyl sites for hydroxylation is 1. The Morgan fingerprint density at radius 1 is 1.29 bits per heavy atom. The number of halogens is 1. The lowest BCUT2D eigenvalue weighted by Gasteiger charge is -2.34. The van der Waals surface area contributed by atoms with Crippen molar-refractivity contribution >= 4 is 22.7 Å². The predicted molar refractivity (Wildman–Crippen MR) is 104 cm³/mol. The molecule has 1 aliphatic heterocycles. The van der Waals surface area contributed by atoms with Gasteiger partial charge in [-0.15, -0.1) is 0 Å². The van der Waals surface area contributed by atoms with Gasteiger partial charge in [0.25, 0.3) is 5.91 Å². The molecular weight excluding hydrogens is 359 g/mol. The van der Waals surface area contributed by atoms with Crippen LogP contribution in [0.1, 0.15) is 23.7 Å². The summed E-state index contributed by atoms with van der Waals surface area (Å²) in [7, 11) is 1.80. The van der Waals surface area contributed by atoms with Gasteiger partial charge in [-0.25, -0.2) is 4.39 Å². The normalized spacial score (nSPS) is 17.0. The van der Waals surface area contributed by atoms with Gasteiger partial charge in [-0.3, -0.25) is 14.3 Å². The van der Waals surface area contributed by atoms with Crippen LogP contribution in [0.3, 0.4) is 0 Å². The van der Waals surface area contributed by atoms with Crippen molar-refractivity contribution in [2.24, 2.45) is 7.05 Å². The van der Waals surface area contributed by atoms with Crippen molar-refractivity contribution in [1.82, 2.24) is 20.0 Å². The summed E-state index contributed by atoms with van der Waals surface area (Å²) >= 11 is 0. The molecule has 4 rings (SSSR count). The number of carbonyl (C=O) groups is 2. The van der Waals surface area contributed by atoms with E-state index in [-0.39, 0.29) is 17.6 Å². The topological polar surface area (TPSA) is 67.2 Å². The number of aromatic nitrogens is 2. The summed E-state index contributed by atoms with van der Waals surface area (Å²) in [5.41, 5.74) is 2.65. The first-order chi connectivity index (χ1) is 13.5. The van der Waals surface area contributed by atoms with Gasteiger partial charge < -0.3 is 10.2 Å². The van der Waals surface area contributed by atoms with Crippen LogP contribution in [-0.2, 0) is 11.8 Å². The summed E-state index contributed by atoms with van der Waals surface area (Å²) in [6.45, 7) is 2.82. The highest BCUT2D eigenvalue weighted by Gasteiger charge is 2.32. The monoisotopic (exact) mass is 380 g/mol. The maximum absolute atomic E-state index is 13.8. The number of nitrogens with zero attached hydrogens (tertiary/aromatic N) is 3. The lowest BCUT2D eigenvalue weighted by Crippen LogP contribution is -2.56. The van der Waals surface area contributed by atoms with Crippen molar-refractivity contribution in [3.63, 3.8) is 0 Å². The molecular formula is C21H21FN4O2.